The van der Waals surface area contributed by atoms with Gasteiger partial charge >= 0.3 is 5.97 Å². The predicted octanol–water partition coefficient (Wildman–Crippen LogP) is 3.10. The minimum Gasteiger partial charge on any atom is -0.467 e. The zero-order valence-electron chi connectivity index (χ0n) is 16.6. The summed E-state index contributed by atoms with van der Waals surface area (Å²) in [5.41, 5.74) is 2.55. The van der Waals surface area contributed by atoms with Crippen molar-refractivity contribution in [3.05, 3.63) is 94.1 Å². The average Bonchev–Trinajstić information content (AvgIpc) is 3.32. The molecule has 1 atom stereocenters. The Bertz CT molecular complexity index is 1260. The van der Waals surface area contributed by atoms with E-state index in [9.17, 15) is 9.59 Å². The van der Waals surface area contributed by atoms with Crippen molar-refractivity contribution in [2.45, 2.75) is 12.5 Å². The molecule has 2 aromatic heterocycles. The standard InChI is InChI=1S/C22H18ClN5O3/c1-31-22(30)20(11-15-5-3-2-4-6-15)27-10-9-16(12-21(27)29)18-13-17(23)7-8-19(18)28-14-24-25-26-28/h2-10,12-14,20H,11H2,1H3. The van der Waals surface area contributed by atoms with Crippen molar-refractivity contribution in [3.63, 3.8) is 0 Å². The molecule has 0 radical (unpaired) electrons. The second-order valence-electron chi connectivity index (χ2n) is 6.81. The van der Waals surface area contributed by atoms with Gasteiger partial charge in [0.15, 0.2) is 0 Å². The van der Waals surface area contributed by atoms with Crippen LogP contribution in [0.2, 0.25) is 5.02 Å². The number of esters is 1. The Morgan fingerprint density at radius 1 is 1.13 bits per heavy atom. The molecule has 4 aromatic rings. The second kappa shape index (κ2) is 8.93. The number of carbonyl (C=O) groups is 1. The molecule has 0 saturated carbocycles. The van der Waals surface area contributed by atoms with Gasteiger partial charge in [0.25, 0.3) is 5.56 Å². The molecule has 8 nitrogen and oxygen atoms in total. The van der Waals surface area contributed by atoms with Crippen LogP contribution in [0.5, 0.6) is 0 Å². The highest BCUT2D eigenvalue weighted by molar-refractivity contribution is 6.31. The van der Waals surface area contributed by atoms with Crippen LogP contribution in [0.1, 0.15) is 11.6 Å². The van der Waals surface area contributed by atoms with Crippen LogP contribution >= 0.6 is 11.6 Å². The van der Waals surface area contributed by atoms with Crippen molar-refractivity contribution in [2.75, 3.05) is 7.11 Å². The monoisotopic (exact) mass is 435 g/mol. The van der Waals surface area contributed by atoms with Gasteiger partial charge in [0.2, 0.25) is 0 Å². The summed E-state index contributed by atoms with van der Waals surface area (Å²) >= 11 is 6.19. The maximum atomic E-state index is 13.0. The Hall–Kier alpha value is -3.78. The molecule has 0 fully saturated rings. The number of tetrazole rings is 1. The minimum absolute atomic E-state index is 0.333. The highest BCUT2D eigenvalue weighted by atomic mass is 35.5. The Balaban J connectivity index is 1.75. The molecule has 2 heterocycles. The summed E-state index contributed by atoms with van der Waals surface area (Å²) in [6, 6.07) is 17.1. The van der Waals surface area contributed by atoms with Crippen LogP contribution in [0.4, 0.5) is 0 Å². The first kappa shape index (κ1) is 20.5. The van der Waals surface area contributed by atoms with Gasteiger partial charge in [-0.2, -0.15) is 4.68 Å². The summed E-state index contributed by atoms with van der Waals surface area (Å²) in [5, 5.41) is 11.7. The molecule has 156 valence electrons. The SMILES string of the molecule is COC(=O)C(Cc1ccccc1)n1ccc(-c2cc(Cl)ccc2-n2cnnn2)cc1=O. The molecule has 0 saturated heterocycles. The van der Waals surface area contributed by atoms with E-state index in [2.05, 4.69) is 15.5 Å². The van der Waals surface area contributed by atoms with Crippen LogP contribution in [-0.2, 0) is 16.0 Å². The molecule has 0 amide bonds. The highest BCUT2D eigenvalue weighted by Crippen LogP contribution is 2.29. The van der Waals surface area contributed by atoms with Crippen molar-refractivity contribution >= 4 is 17.6 Å². The molecule has 0 spiro atoms. The maximum absolute atomic E-state index is 13.0. The van der Waals surface area contributed by atoms with Crippen LogP contribution in [0.15, 0.2) is 78.0 Å². The van der Waals surface area contributed by atoms with Crippen LogP contribution in [-0.4, -0.2) is 37.9 Å². The number of hydrogen-bond acceptors (Lipinski definition) is 6. The topological polar surface area (TPSA) is 91.9 Å². The quantitative estimate of drug-likeness (QED) is 0.432. The van der Waals surface area contributed by atoms with E-state index in [1.807, 2.05) is 30.3 Å². The van der Waals surface area contributed by atoms with Gasteiger partial charge in [-0.15, -0.1) is 5.10 Å². The fourth-order valence-electron chi connectivity index (χ4n) is 3.39. The first-order chi connectivity index (χ1) is 15.1. The van der Waals surface area contributed by atoms with Crippen LogP contribution in [0.3, 0.4) is 0 Å². The van der Waals surface area contributed by atoms with Gasteiger partial charge in [-0.1, -0.05) is 41.9 Å². The third kappa shape index (κ3) is 4.39. The molecule has 9 heteroatoms. The molecule has 0 aliphatic carbocycles. The van der Waals surface area contributed by atoms with E-state index >= 15 is 0 Å². The Morgan fingerprint density at radius 3 is 2.61 bits per heavy atom. The predicted molar refractivity (Wildman–Crippen MR) is 115 cm³/mol. The summed E-state index contributed by atoms with van der Waals surface area (Å²) in [5.74, 6) is -0.490. The molecule has 1 unspecified atom stereocenters. The summed E-state index contributed by atoms with van der Waals surface area (Å²) in [6.45, 7) is 0. The van der Waals surface area contributed by atoms with Crippen LogP contribution in [0.25, 0.3) is 16.8 Å². The number of hydrogen-bond donors (Lipinski definition) is 0. The number of ether oxygens (including phenoxy) is 1. The summed E-state index contributed by atoms with van der Waals surface area (Å²) in [6.07, 6.45) is 3.38. The number of halogens is 1. The maximum Gasteiger partial charge on any atom is 0.329 e. The number of rotatable bonds is 6. The average molecular weight is 436 g/mol. The van der Waals surface area contributed by atoms with E-state index in [0.717, 1.165) is 5.56 Å². The van der Waals surface area contributed by atoms with E-state index < -0.39 is 12.0 Å². The van der Waals surface area contributed by atoms with Gasteiger partial charge in [-0.25, -0.2) is 4.79 Å². The molecule has 0 N–H and O–H groups in total. The number of pyridine rings is 1. The normalized spacial score (nSPS) is 11.8. The summed E-state index contributed by atoms with van der Waals surface area (Å²) < 4.78 is 7.82. The van der Waals surface area contributed by atoms with E-state index in [1.165, 1.54) is 28.8 Å². The van der Waals surface area contributed by atoms with Crippen molar-refractivity contribution in [1.82, 2.24) is 24.8 Å². The Morgan fingerprint density at radius 2 is 1.94 bits per heavy atom. The summed E-state index contributed by atoms with van der Waals surface area (Å²) in [4.78, 5) is 25.5. The van der Waals surface area contributed by atoms with Gasteiger partial charge in [0.1, 0.15) is 12.4 Å². The van der Waals surface area contributed by atoms with Gasteiger partial charge in [-0.05, 0) is 45.8 Å². The molecular weight excluding hydrogens is 418 g/mol. The van der Waals surface area contributed by atoms with E-state index in [4.69, 9.17) is 16.3 Å². The zero-order chi connectivity index (χ0) is 21.8. The first-order valence-corrected chi connectivity index (χ1v) is 9.82. The van der Waals surface area contributed by atoms with E-state index in [0.29, 0.717) is 28.3 Å². The molecule has 0 aliphatic rings. The fourth-order valence-corrected chi connectivity index (χ4v) is 3.57. The second-order valence-corrected chi connectivity index (χ2v) is 7.24. The number of benzene rings is 2. The molecule has 2 aromatic carbocycles. The largest absolute Gasteiger partial charge is 0.467 e. The number of methoxy groups -OCH3 is 1. The lowest BCUT2D eigenvalue weighted by Crippen LogP contribution is -2.31. The number of aromatic nitrogens is 5. The molecule has 4 rings (SSSR count). The third-order valence-corrected chi connectivity index (χ3v) is 5.13. The zero-order valence-corrected chi connectivity index (χ0v) is 17.3. The smallest absolute Gasteiger partial charge is 0.329 e. The lowest BCUT2D eigenvalue weighted by molar-refractivity contribution is -0.144. The third-order valence-electron chi connectivity index (χ3n) is 4.89. The van der Waals surface area contributed by atoms with Crippen LogP contribution in [0, 0.1) is 0 Å². The van der Waals surface area contributed by atoms with Gasteiger partial charge in [0.05, 0.1) is 12.8 Å². The lowest BCUT2D eigenvalue weighted by Gasteiger charge is -2.18. The van der Waals surface area contributed by atoms with E-state index in [-0.39, 0.29) is 5.56 Å². The molecule has 0 aliphatic heterocycles. The molecular formula is C22H18ClN5O3. The van der Waals surface area contributed by atoms with Crippen LogP contribution < -0.4 is 5.56 Å². The van der Waals surface area contributed by atoms with Crippen molar-refractivity contribution in [3.8, 4) is 16.8 Å². The lowest BCUT2D eigenvalue weighted by atomic mass is 10.0. The number of carbonyl (C=O) groups excluding carboxylic acids is 1. The minimum atomic E-state index is -0.785. The van der Waals surface area contributed by atoms with Crippen molar-refractivity contribution in [2.24, 2.45) is 0 Å². The molecule has 0 bridgehead atoms. The van der Waals surface area contributed by atoms with Crippen molar-refractivity contribution < 1.29 is 9.53 Å². The number of nitrogens with zero attached hydrogens (tertiary/aromatic N) is 5. The van der Waals surface area contributed by atoms with Gasteiger partial charge in [0, 0.05) is 29.3 Å². The Kier molecular flexibility index (Phi) is 5.90. The van der Waals surface area contributed by atoms with Gasteiger partial charge in [-0.3, -0.25) is 4.79 Å². The van der Waals surface area contributed by atoms with Crippen molar-refractivity contribution in [1.29, 1.82) is 0 Å². The molecule has 31 heavy (non-hydrogen) atoms. The first-order valence-electron chi connectivity index (χ1n) is 9.44. The fraction of sp³-hybridized carbons (Fsp3) is 0.136. The van der Waals surface area contributed by atoms with Gasteiger partial charge < -0.3 is 9.30 Å². The highest BCUT2D eigenvalue weighted by Gasteiger charge is 2.23. The Labute approximate surface area is 182 Å². The summed E-state index contributed by atoms with van der Waals surface area (Å²) in [7, 11) is 1.31. The van der Waals surface area contributed by atoms with E-state index in [1.54, 1.807) is 30.5 Å².